The van der Waals surface area contributed by atoms with Gasteiger partial charge >= 0.3 is 0 Å². The Hall–Kier alpha value is -7.00. The van der Waals surface area contributed by atoms with Crippen LogP contribution in [0.25, 0.3) is 85.9 Å². The maximum atomic E-state index is 2.47. The normalized spacial score (nSPS) is 11.6. The summed E-state index contributed by atoms with van der Waals surface area (Å²) in [5, 5.41) is 10.3. The second-order valence-electron chi connectivity index (χ2n) is 14.5. The highest BCUT2D eigenvalue weighted by Gasteiger charge is 2.22. The standard InChI is InChI=1S/C54H35NS/c1-2-13-36(14-3-1)37-29-32-42(33-30-37)55(52-24-12-22-48-49-34-31-38-15-4-7-19-45(38)53(49)56-54(48)52)51-23-11-10-18-44(51)39-25-27-40(28-26-39)50-35-41-16-5-6-17-43(41)46-20-8-9-21-47(46)50/h1-35H. The summed E-state index contributed by atoms with van der Waals surface area (Å²) in [4.78, 5) is 2.47. The zero-order valence-electron chi connectivity index (χ0n) is 30.6. The lowest BCUT2D eigenvalue weighted by molar-refractivity contribution is 1.30. The van der Waals surface area contributed by atoms with Gasteiger partial charge in [0.15, 0.2) is 0 Å². The van der Waals surface area contributed by atoms with Gasteiger partial charge in [-0.25, -0.2) is 0 Å². The van der Waals surface area contributed by atoms with E-state index in [1.165, 1.54) is 91.6 Å². The molecule has 0 unspecified atom stereocenters. The van der Waals surface area contributed by atoms with Gasteiger partial charge in [-0.1, -0.05) is 182 Å². The van der Waals surface area contributed by atoms with Gasteiger partial charge in [0.2, 0.25) is 0 Å². The fourth-order valence-corrected chi connectivity index (χ4v) is 9.90. The van der Waals surface area contributed by atoms with E-state index in [1.807, 2.05) is 11.3 Å². The summed E-state index contributed by atoms with van der Waals surface area (Å²) in [6, 6.07) is 77.6. The molecular weight excluding hydrogens is 695 g/mol. The zero-order valence-corrected chi connectivity index (χ0v) is 31.4. The molecule has 2 heteroatoms. The third-order valence-electron chi connectivity index (χ3n) is 11.3. The lowest BCUT2D eigenvalue weighted by Crippen LogP contribution is -2.11. The average Bonchev–Trinajstić information content (AvgIpc) is 3.67. The molecule has 0 radical (unpaired) electrons. The zero-order chi connectivity index (χ0) is 37.0. The molecule has 0 spiro atoms. The molecule has 0 aliphatic rings. The van der Waals surface area contributed by atoms with Gasteiger partial charge < -0.3 is 4.90 Å². The Morgan fingerprint density at radius 3 is 1.64 bits per heavy atom. The molecule has 0 aliphatic carbocycles. The van der Waals surface area contributed by atoms with Gasteiger partial charge in [0, 0.05) is 26.7 Å². The van der Waals surface area contributed by atoms with Gasteiger partial charge in [-0.3, -0.25) is 0 Å². The van der Waals surface area contributed by atoms with Crippen molar-refractivity contribution in [3.8, 4) is 33.4 Å². The largest absolute Gasteiger partial charge is 0.308 e. The minimum atomic E-state index is 1.12. The van der Waals surface area contributed by atoms with E-state index in [0.717, 1.165) is 11.4 Å². The molecule has 0 fully saturated rings. The molecule has 262 valence electrons. The van der Waals surface area contributed by atoms with Crippen molar-refractivity contribution < 1.29 is 0 Å². The Bertz CT molecular complexity index is 3230. The van der Waals surface area contributed by atoms with Crippen molar-refractivity contribution in [1.29, 1.82) is 0 Å². The van der Waals surface area contributed by atoms with Crippen molar-refractivity contribution in [2.24, 2.45) is 0 Å². The molecule has 0 N–H and O–H groups in total. The number of anilines is 3. The summed E-state index contributed by atoms with van der Waals surface area (Å²) < 4.78 is 2.61. The van der Waals surface area contributed by atoms with Crippen molar-refractivity contribution in [3.63, 3.8) is 0 Å². The van der Waals surface area contributed by atoms with E-state index in [1.54, 1.807) is 0 Å². The topological polar surface area (TPSA) is 3.24 Å². The van der Waals surface area contributed by atoms with Crippen molar-refractivity contribution in [2.75, 3.05) is 4.90 Å². The third-order valence-corrected chi connectivity index (χ3v) is 12.5. The molecule has 0 saturated heterocycles. The van der Waals surface area contributed by atoms with Crippen LogP contribution in [0.3, 0.4) is 0 Å². The summed E-state index contributed by atoms with van der Waals surface area (Å²) in [5.41, 5.74) is 10.7. The summed E-state index contributed by atoms with van der Waals surface area (Å²) in [5.74, 6) is 0. The van der Waals surface area contributed by atoms with Crippen LogP contribution < -0.4 is 4.90 Å². The number of thiophene rings is 1. The highest BCUT2D eigenvalue weighted by molar-refractivity contribution is 7.27. The van der Waals surface area contributed by atoms with Gasteiger partial charge in [0.25, 0.3) is 0 Å². The van der Waals surface area contributed by atoms with Gasteiger partial charge in [-0.15, -0.1) is 11.3 Å². The molecule has 1 heterocycles. The molecule has 11 rings (SSSR count). The predicted molar refractivity (Wildman–Crippen MR) is 243 cm³/mol. The SMILES string of the molecule is c1ccc(-c2ccc(N(c3ccccc3-c3ccc(-c4cc5ccccc5c5ccccc45)cc3)c3cccc4c3sc3c5ccccc5ccc43)cc2)cc1. The fourth-order valence-electron chi connectivity index (χ4n) is 8.56. The molecule has 0 bridgehead atoms. The van der Waals surface area contributed by atoms with E-state index in [9.17, 15) is 0 Å². The second-order valence-corrected chi connectivity index (χ2v) is 15.5. The molecule has 1 nitrogen and oxygen atoms in total. The van der Waals surface area contributed by atoms with Crippen LogP contribution in [0.2, 0.25) is 0 Å². The number of rotatable bonds is 6. The smallest absolute Gasteiger partial charge is 0.0640 e. The molecule has 1 aromatic heterocycles. The first-order chi connectivity index (χ1) is 27.8. The highest BCUT2D eigenvalue weighted by Crippen LogP contribution is 2.48. The van der Waals surface area contributed by atoms with E-state index in [4.69, 9.17) is 0 Å². The minimum absolute atomic E-state index is 1.12. The monoisotopic (exact) mass is 729 g/mol. The minimum Gasteiger partial charge on any atom is -0.308 e. The van der Waals surface area contributed by atoms with Crippen molar-refractivity contribution in [1.82, 2.24) is 0 Å². The first-order valence-electron chi connectivity index (χ1n) is 19.2. The molecular formula is C54H35NS. The number of hydrogen-bond acceptors (Lipinski definition) is 2. The van der Waals surface area contributed by atoms with Crippen LogP contribution in [0.15, 0.2) is 212 Å². The van der Waals surface area contributed by atoms with Crippen LogP contribution in [-0.2, 0) is 0 Å². The van der Waals surface area contributed by atoms with Crippen LogP contribution in [0, 0.1) is 0 Å². The Labute approximate surface area is 330 Å². The van der Waals surface area contributed by atoms with E-state index in [0.29, 0.717) is 0 Å². The van der Waals surface area contributed by atoms with Gasteiger partial charge in [-0.2, -0.15) is 0 Å². The van der Waals surface area contributed by atoms with Crippen molar-refractivity contribution >= 4 is 80.9 Å². The van der Waals surface area contributed by atoms with Crippen LogP contribution in [0.1, 0.15) is 0 Å². The third kappa shape index (κ3) is 5.38. The van der Waals surface area contributed by atoms with E-state index in [2.05, 4.69) is 217 Å². The van der Waals surface area contributed by atoms with Gasteiger partial charge in [0.1, 0.15) is 0 Å². The quantitative estimate of drug-likeness (QED) is 0.154. The molecule has 0 saturated carbocycles. The van der Waals surface area contributed by atoms with Crippen LogP contribution in [-0.4, -0.2) is 0 Å². The number of nitrogens with zero attached hydrogens (tertiary/aromatic N) is 1. The number of fused-ring (bicyclic) bond motifs is 8. The molecule has 10 aromatic carbocycles. The molecule has 0 amide bonds. The Balaban J connectivity index is 1.09. The Morgan fingerprint density at radius 2 is 0.839 bits per heavy atom. The number of hydrogen-bond donors (Lipinski definition) is 0. The summed E-state index contributed by atoms with van der Waals surface area (Å²) in [6.45, 7) is 0. The molecule has 11 aromatic rings. The second kappa shape index (κ2) is 13.4. The Morgan fingerprint density at radius 1 is 0.286 bits per heavy atom. The van der Waals surface area contributed by atoms with Crippen molar-refractivity contribution in [3.05, 3.63) is 212 Å². The van der Waals surface area contributed by atoms with Crippen LogP contribution in [0.5, 0.6) is 0 Å². The average molecular weight is 730 g/mol. The summed E-state index contributed by atoms with van der Waals surface area (Å²) in [6.07, 6.45) is 0. The van der Waals surface area contributed by atoms with Crippen molar-refractivity contribution in [2.45, 2.75) is 0 Å². The lowest BCUT2D eigenvalue weighted by atomic mass is 9.92. The van der Waals surface area contributed by atoms with E-state index in [-0.39, 0.29) is 0 Å². The number of benzene rings is 10. The maximum Gasteiger partial charge on any atom is 0.0640 e. The summed E-state index contributed by atoms with van der Waals surface area (Å²) >= 11 is 1.90. The van der Waals surface area contributed by atoms with Crippen LogP contribution in [0.4, 0.5) is 17.1 Å². The highest BCUT2D eigenvalue weighted by atomic mass is 32.1. The van der Waals surface area contributed by atoms with E-state index < -0.39 is 0 Å². The van der Waals surface area contributed by atoms with Gasteiger partial charge in [0.05, 0.1) is 16.1 Å². The Kier molecular flexibility index (Phi) is 7.75. The molecule has 56 heavy (non-hydrogen) atoms. The first kappa shape index (κ1) is 32.4. The number of para-hydroxylation sites is 1. The van der Waals surface area contributed by atoms with E-state index >= 15 is 0 Å². The maximum absolute atomic E-state index is 2.47. The molecule has 0 aliphatic heterocycles. The van der Waals surface area contributed by atoms with Crippen LogP contribution >= 0.6 is 11.3 Å². The fraction of sp³-hybridized carbons (Fsp3) is 0. The first-order valence-corrected chi connectivity index (χ1v) is 20.0. The lowest BCUT2D eigenvalue weighted by Gasteiger charge is -2.28. The predicted octanol–water partition coefficient (Wildman–Crippen LogP) is 16.0. The molecule has 0 atom stereocenters. The summed E-state index contributed by atoms with van der Waals surface area (Å²) in [7, 11) is 0. The van der Waals surface area contributed by atoms with Gasteiger partial charge in [-0.05, 0) is 90.5 Å².